The summed E-state index contributed by atoms with van der Waals surface area (Å²) in [5.41, 5.74) is -2.13. The second-order valence-corrected chi connectivity index (χ2v) is 17.6. The number of aliphatic hydroxyl groups excluding tert-OH is 1. The summed E-state index contributed by atoms with van der Waals surface area (Å²) in [6.07, 6.45) is 0.467. The molecule has 6 saturated heterocycles. The Labute approximate surface area is 365 Å². The number of carbonyl (C=O) groups is 1. The molecule has 1 N–H and O–H groups in total. The van der Waals surface area contributed by atoms with Gasteiger partial charge in [0.1, 0.15) is 23.6 Å². The average molecular weight is 937 g/mol. The normalized spacial score (nSPS) is 28.2. The third-order valence-electron chi connectivity index (χ3n) is 12.7. The average Bonchev–Trinajstić information content (AvgIpc) is 3.75. The SMILES string of the molecule is CC(=O)OC1C[C@H]2CC[C@@H](C1)N2c1ccc(C(F)(F)F)cn1.CC1C[C@H]2CC[C@@H](C1)N2c1ccc(C(F)(F)F)cn1.O=S(=O)=O.OC1C[C@H]2CC[C@@H](C1)N2c1ccc(C(F)(F)F)cn1. The Morgan fingerprint density at radius 1 is 0.562 bits per heavy atom. The van der Waals surface area contributed by atoms with Gasteiger partial charge in [0, 0.05) is 74.6 Å². The molecular weight excluding hydrogens is 888 g/mol. The van der Waals surface area contributed by atoms with Crippen LogP contribution in [0, 0.1) is 5.92 Å². The minimum absolute atomic E-state index is 0.0966. The predicted molar refractivity (Wildman–Crippen MR) is 214 cm³/mol. The number of aromatic nitrogens is 3. The molecule has 9 atom stereocenters. The first-order valence-electron chi connectivity index (χ1n) is 21.0. The van der Waals surface area contributed by atoms with Crippen molar-refractivity contribution >= 4 is 34.0 Å². The molecule has 0 radical (unpaired) electrons. The smallest absolute Gasteiger partial charge is 0.425 e. The number of rotatable bonds is 4. The minimum Gasteiger partial charge on any atom is -0.462 e. The molecule has 9 rings (SSSR count). The van der Waals surface area contributed by atoms with E-state index in [1.807, 2.05) is 0 Å². The number of halogens is 9. The number of pyridine rings is 3. The quantitative estimate of drug-likeness (QED) is 0.198. The Kier molecular flexibility index (Phi) is 15.1. The van der Waals surface area contributed by atoms with E-state index in [4.69, 9.17) is 17.4 Å². The van der Waals surface area contributed by atoms with Gasteiger partial charge in [0.15, 0.2) is 0 Å². The number of anilines is 3. The number of alkyl halides is 9. The highest BCUT2D eigenvalue weighted by molar-refractivity contribution is 7.59. The van der Waals surface area contributed by atoms with Gasteiger partial charge in [-0.3, -0.25) is 4.79 Å². The van der Waals surface area contributed by atoms with E-state index in [1.54, 1.807) is 0 Å². The lowest BCUT2D eigenvalue weighted by Gasteiger charge is -2.39. The van der Waals surface area contributed by atoms with Gasteiger partial charge in [0.05, 0.1) is 22.8 Å². The highest BCUT2D eigenvalue weighted by Gasteiger charge is 2.44. The van der Waals surface area contributed by atoms with Crippen molar-refractivity contribution in [1.29, 1.82) is 0 Å². The zero-order chi connectivity index (χ0) is 46.7. The van der Waals surface area contributed by atoms with Gasteiger partial charge in [-0.1, -0.05) is 6.92 Å². The lowest BCUT2D eigenvalue weighted by Crippen LogP contribution is -2.46. The van der Waals surface area contributed by atoms with E-state index in [1.165, 1.54) is 25.1 Å². The van der Waals surface area contributed by atoms with E-state index in [2.05, 4.69) is 36.6 Å². The monoisotopic (exact) mass is 936 g/mol. The zero-order valence-corrected chi connectivity index (χ0v) is 35.7. The largest absolute Gasteiger partial charge is 0.462 e. The van der Waals surface area contributed by atoms with Crippen LogP contribution in [0.15, 0.2) is 55.0 Å². The van der Waals surface area contributed by atoms with Crippen molar-refractivity contribution in [3.63, 3.8) is 0 Å². The molecule has 0 aliphatic carbocycles. The van der Waals surface area contributed by atoms with Crippen LogP contribution in [0.1, 0.15) is 108 Å². The van der Waals surface area contributed by atoms with Gasteiger partial charge in [-0.15, -0.1) is 12.6 Å². The van der Waals surface area contributed by atoms with Crippen molar-refractivity contribution in [3.8, 4) is 0 Å². The van der Waals surface area contributed by atoms with Crippen LogP contribution in [0.3, 0.4) is 0 Å². The first kappa shape index (κ1) is 48.7. The summed E-state index contributed by atoms with van der Waals surface area (Å²) in [6, 6.07) is 9.34. The molecule has 0 amide bonds. The molecule has 6 aliphatic rings. The number of hydrogen-bond acceptors (Lipinski definition) is 12. The Morgan fingerprint density at radius 3 is 1.09 bits per heavy atom. The van der Waals surface area contributed by atoms with Crippen LogP contribution in [0.5, 0.6) is 0 Å². The van der Waals surface area contributed by atoms with Crippen molar-refractivity contribution in [2.24, 2.45) is 5.92 Å². The Hall–Kier alpha value is -4.73. The molecule has 6 fully saturated rings. The van der Waals surface area contributed by atoms with Crippen LogP contribution in [0.25, 0.3) is 0 Å². The van der Waals surface area contributed by atoms with Gasteiger partial charge in [-0.05, 0) is 107 Å². The van der Waals surface area contributed by atoms with Gasteiger partial charge in [-0.2, -0.15) is 39.5 Å². The van der Waals surface area contributed by atoms with E-state index in [0.717, 1.165) is 88.2 Å². The standard InChI is InChI=1S/C15H17F3N2O2.C14H17F3N2.C13H15F3N2O.O3S/c1-9(21)22-13-6-11-3-4-12(7-13)20(11)14-5-2-10(8-19-14)15(16,17)18;1-9-6-11-3-4-12(7-9)19(11)13-5-2-10(8-18-13)14(15,16)17;14-13(15,16)8-1-4-12(17-7-8)18-9-2-3-10(18)6-11(19)5-9;1-4(2)3/h2,5,8,11-13H,3-4,6-7H2,1H3;2,5,8-9,11-12H,3-4,6-7H2,1H3;1,4,7,9-11,19H,2-3,5-6H2;/t11-,12+,13?;9?,11-,12+;9-,10+,11?;. The lowest BCUT2D eigenvalue weighted by molar-refractivity contribution is -0.147. The van der Waals surface area contributed by atoms with Crippen LogP contribution >= 0.6 is 0 Å². The van der Waals surface area contributed by atoms with E-state index in [0.29, 0.717) is 61.1 Å². The fourth-order valence-corrected chi connectivity index (χ4v) is 10.3. The molecule has 0 aromatic carbocycles. The van der Waals surface area contributed by atoms with Crippen LogP contribution < -0.4 is 14.7 Å². The Balaban J connectivity index is 0.000000153. The highest BCUT2D eigenvalue weighted by atomic mass is 32.2. The fraction of sp³-hybridized carbons (Fsp3) is 0.619. The molecule has 0 spiro atoms. The Bertz CT molecular complexity index is 2010. The number of hydrogen-bond donors (Lipinski definition) is 1. The summed E-state index contributed by atoms with van der Waals surface area (Å²) in [7, 11) is -3.11. The summed E-state index contributed by atoms with van der Waals surface area (Å²) in [6.45, 7) is 3.65. The van der Waals surface area contributed by atoms with Crippen molar-refractivity contribution in [3.05, 3.63) is 71.7 Å². The van der Waals surface area contributed by atoms with Gasteiger partial charge < -0.3 is 24.5 Å². The third-order valence-corrected chi connectivity index (χ3v) is 12.7. The summed E-state index contributed by atoms with van der Waals surface area (Å²) in [5, 5.41) is 9.71. The second kappa shape index (κ2) is 19.8. The topological polar surface area (TPSA) is 146 Å². The van der Waals surface area contributed by atoms with E-state index in [9.17, 15) is 49.4 Å². The van der Waals surface area contributed by atoms with Crippen LogP contribution in [0.2, 0.25) is 0 Å². The lowest BCUT2D eigenvalue weighted by atomic mass is 9.92. The van der Waals surface area contributed by atoms with Crippen LogP contribution in [0.4, 0.5) is 57.0 Å². The first-order chi connectivity index (χ1) is 30.0. The maximum absolute atomic E-state index is 12.6. The summed E-state index contributed by atoms with van der Waals surface area (Å²) in [5.74, 6) is 2.29. The molecule has 22 heteroatoms. The molecular formula is C42H49F9N6O6S. The van der Waals surface area contributed by atoms with E-state index in [-0.39, 0.29) is 42.3 Å². The number of nitrogens with zero attached hydrogens (tertiary/aromatic N) is 6. The van der Waals surface area contributed by atoms with E-state index >= 15 is 0 Å². The number of aliphatic hydroxyl groups is 1. The second-order valence-electron chi connectivity index (χ2n) is 17.2. The van der Waals surface area contributed by atoms with Crippen molar-refractivity contribution in [2.75, 3.05) is 14.7 Å². The fourth-order valence-electron chi connectivity index (χ4n) is 10.3. The summed E-state index contributed by atoms with van der Waals surface area (Å²) in [4.78, 5) is 29.5. The molecule has 352 valence electrons. The Morgan fingerprint density at radius 2 is 0.844 bits per heavy atom. The molecule has 6 bridgehead atoms. The molecule has 12 nitrogen and oxygen atoms in total. The highest BCUT2D eigenvalue weighted by Crippen LogP contribution is 2.43. The van der Waals surface area contributed by atoms with Gasteiger partial charge in [0.2, 0.25) is 0 Å². The van der Waals surface area contributed by atoms with Crippen molar-refractivity contribution in [2.45, 2.75) is 158 Å². The van der Waals surface area contributed by atoms with Crippen LogP contribution in [-0.4, -0.2) is 87.1 Å². The minimum atomic E-state index is -4.37. The molecule has 3 aromatic heterocycles. The number of ether oxygens (including phenoxy) is 1. The maximum Gasteiger partial charge on any atom is 0.425 e. The number of esters is 1. The molecule has 3 aromatic rings. The van der Waals surface area contributed by atoms with Crippen molar-refractivity contribution < 1.29 is 66.8 Å². The molecule has 6 aliphatic heterocycles. The molecule has 64 heavy (non-hydrogen) atoms. The molecule has 0 saturated carbocycles. The van der Waals surface area contributed by atoms with Crippen molar-refractivity contribution in [1.82, 2.24) is 15.0 Å². The van der Waals surface area contributed by atoms with E-state index < -0.39 is 45.8 Å². The number of carbonyl (C=O) groups excluding carboxylic acids is 1. The van der Waals surface area contributed by atoms with Gasteiger partial charge in [0.25, 0.3) is 0 Å². The van der Waals surface area contributed by atoms with Crippen LogP contribution in [-0.2, 0) is 38.7 Å². The molecule has 3 unspecified atom stereocenters. The molecule has 9 heterocycles. The summed E-state index contributed by atoms with van der Waals surface area (Å²) < 4.78 is 143. The number of fused-ring (bicyclic) bond motifs is 6. The summed E-state index contributed by atoms with van der Waals surface area (Å²) >= 11 is 0. The maximum atomic E-state index is 12.6. The first-order valence-corrected chi connectivity index (χ1v) is 22.0. The zero-order valence-electron chi connectivity index (χ0n) is 34.9. The van der Waals surface area contributed by atoms with Gasteiger partial charge >= 0.3 is 35.1 Å². The number of piperidine rings is 3. The van der Waals surface area contributed by atoms with Gasteiger partial charge in [-0.25, -0.2) is 15.0 Å². The third kappa shape index (κ3) is 12.1. The predicted octanol–water partition coefficient (Wildman–Crippen LogP) is 8.62.